The molecular formula is C21H22N6. The molecule has 3 aromatic heterocycles. The number of nitrogen functional groups attached to an aromatic ring is 1. The molecule has 6 heteroatoms. The van der Waals surface area contributed by atoms with E-state index in [1.165, 1.54) is 17.4 Å². The van der Waals surface area contributed by atoms with Crippen molar-refractivity contribution in [3.63, 3.8) is 0 Å². The Hall–Kier alpha value is -2.99. The number of H-pyrrole nitrogens is 1. The number of para-hydroxylation sites is 1. The molecule has 1 aromatic carbocycles. The van der Waals surface area contributed by atoms with Crippen LogP contribution in [0.1, 0.15) is 30.0 Å². The fourth-order valence-corrected chi connectivity index (χ4v) is 4.13. The molecule has 0 saturated carbocycles. The van der Waals surface area contributed by atoms with Crippen molar-refractivity contribution in [3.05, 3.63) is 59.9 Å². The number of nitrogens with one attached hydrogen (secondary N) is 1. The van der Waals surface area contributed by atoms with Crippen LogP contribution in [-0.2, 0) is 6.54 Å². The largest absolute Gasteiger partial charge is 0.384 e. The average Bonchev–Trinajstić information content (AvgIpc) is 3.09. The zero-order chi connectivity index (χ0) is 18.2. The van der Waals surface area contributed by atoms with Crippen molar-refractivity contribution in [3.8, 4) is 0 Å². The first-order valence-electron chi connectivity index (χ1n) is 9.43. The number of aromatic nitrogens is 4. The predicted molar refractivity (Wildman–Crippen MR) is 107 cm³/mol. The fraction of sp³-hybridized carbons (Fsp3) is 0.286. The lowest BCUT2D eigenvalue weighted by molar-refractivity contribution is 0.199. The molecule has 0 amide bonds. The van der Waals surface area contributed by atoms with Crippen LogP contribution in [0.2, 0.25) is 0 Å². The molecule has 136 valence electrons. The van der Waals surface area contributed by atoms with Crippen molar-refractivity contribution in [1.29, 1.82) is 0 Å². The molecule has 3 N–H and O–H groups in total. The minimum Gasteiger partial charge on any atom is -0.384 e. The van der Waals surface area contributed by atoms with E-state index in [4.69, 9.17) is 10.7 Å². The standard InChI is InChI=1S/C21H22N6/c22-20-17-7-8-18(24-21(17)26-25-20)15-4-3-11-27(13-15)12-14-9-10-23-19-6-2-1-5-16(14)19/h1-2,5-10,15H,3-4,11-13H2,(H3,22,24,25,26)/t15-/m1/s1. The van der Waals surface area contributed by atoms with Crippen LogP contribution in [0.5, 0.6) is 0 Å². The highest BCUT2D eigenvalue weighted by Crippen LogP contribution is 2.29. The molecule has 0 unspecified atom stereocenters. The Kier molecular flexibility index (Phi) is 3.98. The summed E-state index contributed by atoms with van der Waals surface area (Å²) in [5.41, 5.74) is 10.1. The number of nitrogens with zero attached hydrogens (tertiary/aromatic N) is 4. The molecule has 0 aliphatic carbocycles. The molecule has 6 nitrogen and oxygen atoms in total. The monoisotopic (exact) mass is 358 g/mol. The number of anilines is 1. The SMILES string of the molecule is Nc1[nH]nc2nc([C@@H]3CCCN(Cc4ccnc5ccccc45)C3)ccc12. The van der Waals surface area contributed by atoms with Crippen LogP contribution >= 0.6 is 0 Å². The summed E-state index contributed by atoms with van der Waals surface area (Å²) in [5, 5.41) is 9.17. The second-order valence-corrected chi connectivity index (χ2v) is 7.31. The van der Waals surface area contributed by atoms with Crippen LogP contribution in [-0.4, -0.2) is 38.2 Å². The third-order valence-electron chi connectivity index (χ3n) is 5.53. The van der Waals surface area contributed by atoms with Gasteiger partial charge in [-0.3, -0.25) is 15.0 Å². The number of pyridine rings is 2. The van der Waals surface area contributed by atoms with Gasteiger partial charge in [-0.2, -0.15) is 5.10 Å². The van der Waals surface area contributed by atoms with Crippen LogP contribution in [0.25, 0.3) is 21.9 Å². The number of likely N-dealkylation sites (tertiary alicyclic amines) is 1. The van der Waals surface area contributed by atoms with E-state index < -0.39 is 0 Å². The van der Waals surface area contributed by atoms with Gasteiger partial charge in [0.05, 0.1) is 10.9 Å². The number of aromatic amines is 1. The first kappa shape index (κ1) is 16.2. The minimum absolute atomic E-state index is 0.425. The first-order valence-corrected chi connectivity index (χ1v) is 9.43. The van der Waals surface area contributed by atoms with Gasteiger partial charge in [0.1, 0.15) is 5.82 Å². The topological polar surface area (TPSA) is 83.7 Å². The maximum absolute atomic E-state index is 5.89. The lowest BCUT2D eigenvalue weighted by Crippen LogP contribution is -2.34. The summed E-state index contributed by atoms with van der Waals surface area (Å²) in [6.07, 6.45) is 4.25. The Morgan fingerprint density at radius 3 is 3.00 bits per heavy atom. The van der Waals surface area contributed by atoms with Gasteiger partial charge in [-0.15, -0.1) is 0 Å². The van der Waals surface area contributed by atoms with Gasteiger partial charge in [0.2, 0.25) is 0 Å². The van der Waals surface area contributed by atoms with Crippen molar-refractivity contribution in [2.24, 2.45) is 0 Å². The van der Waals surface area contributed by atoms with Crippen molar-refractivity contribution in [1.82, 2.24) is 25.1 Å². The molecule has 0 radical (unpaired) electrons. The molecule has 5 rings (SSSR count). The van der Waals surface area contributed by atoms with Gasteiger partial charge in [-0.1, -0.05) is 18.2 Å². The summed E-state index contributed by atoms with van der Waals surface area (Å²) in [5.74, 6) is 1.01. The Morgan fingerprint density at radius 2 is 2.04 bits per heavy atom. The first-order chi connectivity index (χ1) is 13.3. The Balaban J connectivity index is 1.38. The Labute approximate surface area is 157 Å². The van der Waals surface area contributed by atoms with Gasteiger partial charge in [-0.05, 0) is 49.2 Å². The fourth-order valence-electron chi connectivity index (χ4n) is 4.13. The number of fused-ring (bicyclic) bond motifs is 2. The van der Waals surface area contributed by atoms with E-state index in [-0.39, 0.29) is 0 Å². The summed E-state index contributed by atoms with van der Waals surface area (Å²) in [7, 11) is 0. The summed E-state index contributed by atoms with van der Waals surface area (Å²) in [4.78, 5) is 11.8. The van der Waals surface area contributed by atoms with Crippen LogP contribution in [0.3, 0.4) is 0 Å². The van der Waals surface area contributed by atoms with Crippen molar-refractivity contribution < 1.29 is 0 Å². The van der Waals surface area contributed by atoms with Gasteiger partial charge in [-0.25, -0.2) is 4.98 Å². The summed E-state index contributed by atoms with van der Waals surface area (Å²) < 4.78 is 0. The van der Waals surface area contributed by atoms with Crippen LogP contribution in [0.15, 0.2) is 48.7 Å². The van der Waals surface area contributed by atoms with E-state index in [0.29, 0.717) is 17.4 Å². The normalized spacial score (nSPS) is 18.3. The average molecular weight is 358 g/mol. The van der Waals surface area contributed by atoms with E-state index in [2.05, 4.69) is 50.4 Å². The van der Waals surface area contributed by atoms with Gasteiger partial charge in [0.15, 0.2) is 5.65 Å². The van der Waals surface area contributed by atoms with Gasteiger partial charge < -0.3 is 5.73 Å². The highest BCUT2D eigenvalue weighted by molar-refractivity contribution is 5.85. The molecule has 1 aliphatic heterocycles. The number of nitrogens with two attached hydrogens (primary N) is 1. The van der Waals surface area contributed by atoms with E-state index in [1.807, 2.05) is 18.3 Å². The van der Waals surface area contributed by atoms with E-state index in [0.717, 1.165) is 42.7 Å². The van der Waals surface area contributed by atoms with Crippen molar-refractivity contribution >= 4 is 27.8 Å². The van der Waals surface area contributed by atoms with Crippen LogP contribution < -0.4 is 5.73 Å². The molecular weight excluding hydrogens is 336 g/mol. The summed E-state index contributed by atoms with van der Waals surface area (Å²) in [6.45, 7) is 3.07. The Morgan fingerprint density at radius 1 is 1.11 bits per heavy atom. The van der Waals surface area contributed by atoms with Gasteiger partial charge in [0.25, 0.3) is 0 Å². The minimum atomic E-state index is 0.425. The maximum Gasteiger partial charge on any atom is 0.183 e. The summed E-state index contributed by atoms with van der Waals surface area (Å²) >= 11 is 0. The van der Waals surface area contributed by atoms with E-state index in [1.54, 1.807) is 0 Å². The molecule has 1 fully saturated rings. The second-order valence-electron chi connectivity index (χ2n) is 7.31. The summed E-state index contributed by atoms with van der Waals surface area (Å²) in [6, 6.07) is 14.6. The van der Waals surface area contributed by atoms with Crippen molar-refractivity contribution in [2.75, 3.05) is 18.8 Å². The molecule has 4 heterocycles. The number of rotatable bonds is 3. The number of benzene rings is 1. The van der Waals surface area contributed by atoms with E-state index >= 15 is 0 Å². The molecule has 0 spiro atoms. The zero-order valence-electron chi connectivity index (χ0n) is 15.1. The van der Waals surface area contributed by atoms with Gasteiger partial charge in [0, 0.05) is 36.3 Å². The highest BCUT2D eigenvalue weighted by atomic mass is 15.2. The van der Waals surface area contributed by atoms with Gasteiger partial charge >= 0.3 is 0 Å². The molecule has 1 saturated heterocycles. The molecule has 0 bridgehead atoms. The quantitative estimate of drug-likeness (QED) is 0.586. The molecule has 1 atom stereocenters. The van der Waals surface area contributed by atoms with Crippen LogP contribution in [0.4, 0.5) is 5.82 Å². The Bertz CT molecular complexity index is 1100. The predicted octanol–water partition coefficient (Wildman–Crippen LogP) is 3.47. The molecule has 1 aliphatic rings. The third-order valence-corrected chi connectivity index (χ3v) is 5.53. The lowest BCUT2D eigenvalue weighted by Gasteiger charge is -2.32. The molecule has 27 heavy (non-hydrogen) atoms. The third kappa shape index (κ3) is 3.02. The van der Waals surface area contributed by atoms with Crippen molar-refractivity contribution in [2.45, 2.75) is 25.3 Å². The lowest BCUT2D eigenvalue weighted by atomic mass is 9.93. The van der Waals surface area contributed by atoms with E-state index in [9.17, 15) is 0 Å². The van der Waals surface area contributed by atoms with Crippen LogP contribution in [0, 0.1) is 0 Å². The zero-order valence-corrected chi connectivity index (χ0v) is 15.1. The molecule has 4 aromatic rings. The second kappa shape index (κ2) is 6.63. The number of hydrogen-bond acceptors (Lipinski definition) is 5. The number of hydrogen-bond donors (Lipinski definition) is 2. The maximum atomic E-state index is 5.89. The highest BCUT2D eigenvalue weighted by Gasteiger charge is 2.23. The number of piperidine rings is 1. The smallest absolute Gasteiger partial charge is 0.183 e.